The van der Waals surface area contributed by atoms with Gasteiger partial charge in [-0.05, 0) is 73.6 Å². The Morgan fingerprint density at radius 1 is 1.12 bits per heavy atom. The molecule has 0 saturated heterocycles. The molecule has 33 heavy (non-hydrogen) atoms. The molecule has 0 aliphatic heterocycles. The second-order valence-corrected chi connectivity index (χ2v) is 11.0. The normalized spacial score (nSPS) is 33.2. The second-order valence-electron chi connectivity index (χ2n) is 11.0. The average Bonchev–Trinajstić information content (AvgIpc) is 3.41. The molecule has 3 bridgehead atoms. The fourth-order valence-electron chi connectivity index (χ4n) is 8.23. The van der Waals surface area contributed by atoms with Crippen LogP contribution in [0.4, 0.5) is 5.69 Å². The number of H-pyrrole nitrogens is 1. The summed E-state index contributed by atoms with van der Waals surface area (Å²) in [7, 11) is 1.77. The molecule has 6 heteroatoms. The van der Waals surface area contributed by atoms with Gasteiger partial charge in [0.25, 0.3) is 5.56 Å². The van der Waals surface area contributed by atoms with Gasteiger partial charge in [-0.25, -0.2) is 0 Å². The first-order chi connectivity index (χ1) is 15.9. The highest BCUT2D eigenvalue weighted by Crippen LogP contribution is 2.75. The average molecular weight is 444 g/mol. The van der Waals surface area contributed by atoms with Crippen LogP contribution in [0.5, 0.6) is 5.75 Å². The van der Waals surface area contributed by atoms with E-state index >= 15 is 0 Å². The lowest BCUT2D eigenvalue weighted by Crippen LogP contribution is -2.57. The molecule has 4 aliphatic carbocycles. The van der Waals surface area contributed by atoms with Crippen LogP contribution in [0.15, 0.2) is 41.5 Å². The number of aryl methyl sites for hydroxylation is 1. The van der Waals surface area contributed by atoms with Crippen LogP contribution < -0.4 is 15.6 Å². The summed E-state index contributed by atoms with van der Waals surface area (Å²) in [6, 6.07) is 7.84. The molecule has 170 valence electrons. The maximum Gasteiger partial charge on any atom is 0.274 e. The van der Waals surface area contributed by atoms with Gasteiger partial charge in [0.15, 0.2) is 0 Å². The van der Waals surface area contributed by atoms with Crippen LogP contribution in [-0.2, 0) is 11.8 Å². The number of carbonyl (C=O) groups excluding carboxylic acids is 1. The van der Waals surface area contributed by atoms with E-state index in [1.807, 2.05) is 30.5 Å². The summed E-state index contributed by atoms with van der Waals surface area (Å²) in [6.45, 7) is 1.51. The molecule has 3 aromatic rings. The van der Waals surface area contributed by atoms with Gasteiger partial charge in [-0.1, -0.05) is 0 Å². The van der Waals surface area contributed by atoms with Gasteiger partial charge < -0.3 is 19.6 Å². The van der Waals surface area contributed by atoms with Crippen LogP contribution in [0.2, 0.25) is 0 Å². The zero-order chi connectivity index (χ0) is 22.5. The van der Waals surface area contributed by atoms with E-state index < -0.39 is 0 Å². The number of hydrogen-bond acceptors (Lipinski definition) is 3. The molecule has 6 nitrogen and oxygen atoms in total. The smallest absolute Gasteiger partial charge is 0.274 e. The number of pyridine rings is 1. The van der Waals surface area contributed by atoms with E-state index in [1.165, 1.54) is 39.0 Å². The lowest BCUT2D eigenvalue weighted by molar-refractivity contribution is -0.123. The Labute approximate surface area is 192 Å². The van der Waals surface area contributed by atoms with Gasteiger partial charge in [-0.2, -0.15) is 0 Å². The van der Waals surface area contributed by atoms with Crippen LogP contribution in [0.1, 0.15) is 39.0 Å². The predicted molar refractivity (Wildman–Crippen MR) is 127 cm³/mol. The third-order valence-electron chi connectivity index (χ3n) is 9.20. The number of ether oxygens (including phenoxy) is 1. The Bertz CT molecular complexity index is 1340. The largest absolute Gasteiger partial charge is 0.489 e. The zero-order valence-corrected chi connectivity index (χ0v) is 19.1. The number of nitrogens with zero attached hydrogens (tertiary/aromatic N) is 1. The van der Waals surface area contributed by atoms with Gasteiger partial charge in [-0.15, -0.1) is 0 Å². The predicted octanol–water partition coefficient (Wildman–Crippen LogP) is 4.70. The van der Waals surface area contributed by atoms with Crippen molar-refractivity contribution in [2.45, 2.75) is 45.1 Å². The summed E-state index contributed by atoms with van der Waals surface area (Å²) in [5.74, 6) is 3.89. The van der Waals surface area contributed by atoms with E-state index in [2.05, 4.69) is 10.3 Å². The molecule has 2 N–H and O–H groups in total. The molecule has 1 aromatic carbocycles. The van der Waals surface area contributed by atoms with Crippen LogP contribution in [-0.4, -0.2) is 21.6 Å². The van der Waals surface area contributed by atoms with Crippen LogP contribution in [0.25, 0.3) is 22.0 Å². The first-order valence-electron chi connectivity index (χ1n) is 12.2. The summed E-state index contributed by atoms with van der Waals surface area (Å²) in [4.78, 5) is 27.5. The second kappa shape index (κ2) is 6.52. The number of amides is 1. The molecule has 4 aliphatic rings. The van der Waals surface area contributed by atoms with E-state index in [1.54, 1.807) is 17.8 Å². The van der Waals surface area contributed by atoms with Gasteiger partial charge in [-0.3, -0.25) is 9.59 Å². The number of carbonyl (C=O) groups is 1. The van der Waals surface area contributed by atoms with Gasteiger partial charge in [0.05, 0.1) is 0 Å². The third kappa shape index (κ3) is 2.61. The Balaban J connectivity index is 1.33. The lowest BCUT2D eigenvalue weighted by Gasteiger charge is -2.55. The molecule has 2 aromatic heterocycles. The van der Waals surface area contributed by atoms with Crippen molar-refractivity contribution in [1.29, 1.82) is 0 Å². The molecule has 1 spiro atoms. The standard InChI is InChI=1S/C27H29N3O3/c1-14(31)29-17-3-4-23(19(10-17)20-13-30(2)26(32)24-18(20)5-6-28-24)33-25-21-8-15-7-16-9-22(25)27(21,11-15)12-16/h3-6,10,13,15-16,21-22,25,28H,7-9,11-12H2,1-2H3,(H,29,31). The molecular weight excluding hydrogens is 414 g/mol. The molecule has 4 unspecified atom stereocenters. The fourth-order valence-corrected chi connectivity index (χ4v) is 8.23. The van der Waals surface area contributed by atoms with Crippen molar-refractivity contribution in [2.24, 2.45) is 36.1 Å². The fraction of sp³-hybridized carbons (Fsp3) is 0.481. The summed E-state index contributed by atoms with van der Waals surface area (Å²) < 4.78 is 8.48. The van der Waals surface area contributed by atoms with Gasteiger partial charge >= 0.3 is 0 Å². The highest BCUT2D eigenvalue weighted by atomic mass is 16.5. The highest BCUT2D eigenvalue weighted by Gasteiger charge is 2.72. The van der Waals surface area contributed by atoms with Crippen molar-refractivity contribution in [3.63, 3.8) is 0 Å². The number of aromatic amines is 1. The minimum Gasteiger partial charge on any atom is -0.489 e. The molecule has 4 atom stereocenters. The Morgan fingerprint density at radius 2 is 1.88 bits per heavy atom. The molecule has 2 heterocycles. The van der Waals surface area contributed by atoms with Gasteiger partial charge in [0.2, 0.25) is 5.91 Å². The van der Waals surface area contributed by atoms with Crippen LogP contribution in [0, 0.1) is 29.1 Å². The van der Waals surface area contributed by atoms with E-state index in [-0.39, 0.29) is 17.6 Å². The molecule has 0 radical (unpaired) electrons. The van der Waals surface area contributed by atoms with E-state index in [4.69, 9.17) is 4.74 Å². The van der Waals surface area contributed by atoms with Crippen molar-refractivity contribution in [3.8, 4) is 16.9 Å². The number of nitrogens with one attached hydrogen (secondary N) is 2. The molecule has 1 amide bonds. The van der Waals surface area contributed by atoms with Crippen LogP contribution >= 0.6 is 0 Å². The molecule has 4 fully saturated rings. The number of fused-ring (bicyclic) bond motifs is 3. The summed E-state index contributed by atoms with van der Waals surface area (Å²) in [5, 5.41) is 3.77. The molecular formula is C27H29N3O3. The monoisotopic (exact) mass is 443 g/mol. The van der Waals surface area contributed by atoms with Crippen LogP contribution in [0.3, 0.4) is 0 Å². The lowest BCUT2D eigenvalue weighted by atomic mass is 9.54. The molecule has 4 saturated carbocycles. The van der Waals surface area contributed by atoms with Crippen molar-refractivity contribution in [3.05, 3.63) is 47.0 Å². The Hall–Kier alpha value is -3.02. The number of benzene rings is 1. The number of rotatable bonds is 4. The maximum absolute atomic E-state index is 12.6. The first-order valence-corrected chi connectivity index (χ1v) is 12.2. The minimum atomic E-state index is -0.109. The van der Waals surface area contributed by atoms with Gasteiger partial charge in [0, 0.05) is 60.4 Å². The Morgan fingerprint density at radius 3 is 2.61 bits per heavy atom. The SMILES string of the molecule is CC(=O)Nc1ccc(OC2C3CC4CC5CC2C3(C4)C5)c(-c2cn(C)c(=O)c3[nH]ccc23)c1. The quantitative estimate of drug-likeness (QED) is 0.614. The summed E-state index contributed by atoms with van der Waals surface area (Å²) in [5.41, 5.74) is 3.66. The van der Waals surface area contributed by atoms with Crippen molar-refractivity contribution < 1.29 is 9.53 Å². The maximum atomic E-state index is 12.6. The van der Waals surface area contributed by atoms with E-state index in [0.717, 1.165) is 39.8 Å². The van der Waals surface area contributed by atoms with E-state index in [9.17, 15) is 9.59 Å². The Kier molecular flexibility index (Phi) is 3.84. The molecule has 7 rings (SSSR count). The number of hydrogen-bond donors (Lipinski definition) is 2. The summed E-state index contributed by atoms with van der Waals surface area (Å²) >= 11 is 0. The van der Waals surface area contributed by atoms with Crippen molar-refractivity contribution >= 4 is 22.5 Å². The highest BCUT2D eigenvalue weighted by molar-refractivity contribution is 5.97. The number of aromatic nitrogens is 2. The topological polar surface area (TPSA) is 76.1 Å². The van der Waals surface area contributed by atoms with E-state index in [0.29, 0.717) is 22.8 Å². The minimum absolute atomic E-state index is 0.0563. The third-order valence-corrected chi connectivity index (χ3v) is 9.20. The van der Waals surface area contributed by atoms with Gasteiger partial charge in [0.1, 0.15) is 17.4 Å². The van der Waals surface area contributed by atoms with Crippen molar-refractivity contribution in [2.75, 3.05) is 5.32 Å². The number of anilines is 1. The summed E-state index contributed by atoms with van der Waals surface area (Å²) in [6.07, 6.45) is 10.9. The zero-order valence-electron chi connectivity index (χ0n) is 19.1. The van der Waals surface area contributed by atoms with Crippen molar-refractivity contribution in [1.82, 2.24) is 9.55 Å². The first kappa shape index (κ1) is 19.4.